The zero-order valence-corrected chi connectivity index (χ0v) is 13.0. The summed E-state index contributed by atoms with van der Waals surface area (Å²) in [5.41, 5.74) is 3.40. The number of benzene rings is 2. The van der Waals surface area contributed by atoms with E-state index >= 15 is 0 Å². The van der Waals surface area contributed by atoms with Crippen LogP contribution in [0.3, 0.4) is 0 Å². The molecule has 0 unspecified atom stereocenters. The Kier molecular flexibility index (Phi) is 7.89. The molecule has 0 fully saturated rings. The lowest BCUT2D eigenvalue weighted by Crippen LogP contribution is -1.91. The third-order valence-corrected chi connectivity index (χ3v) is 3.35. The van der Waals surface area contributed by atoms with E-state index in [1.807, 2.05) is 24.3 Å². The molecule has 1 aliphatic rings. The topological polar surface area (TPSA) is 66.8 Å². The van der Waals surface area contributed by atoms with E-state index in [0.717, 1.165) is 44.8 Å². The highest BCUT2D eigenvalue weighted by atomic mass is 16.5. The molecule has 0 amide bonds. The molecule has 0 aliphatic heterocycles. The summed E-state index contributed by atoms with van der Waals surface area (Å²) in [6.07, 6.45) is 4.29. The Morgan fingerprint density at radius 3 is 2.27 bits per heavy atom. The van der Waals surface area contributed by atoms with Crippen LogP contribution in [0.4, 0.5) is 0 Å². The molecule has 2 aromatic carbocycles. The third-order valence-electron chi connectivity index (χ3n) is 3.35. The first-order valence-corrected chi connectivity index (χ1v) is 7.10. The summed E-state index contributed by atoms with van der Waals surface area (Å²) < 4.78 is 5.90. The number of aliphatic hydroxyl groups excluding tert-OH is 2. The van der Waals surface area contributed by atoms with E-state index in [9.17, 15) is 4.79 Å². The van der Waals surface area contributed by atoms with E-state index in [4.69, 9.17) is 14.9 Å². The maximum Gasteiger partial charge on any atom is 0.150 e. The molecular weight excluding hydrogens is 280 g/mol. The van der Waals surface area contributed by atoms with Gasteiger partial charge in [0, 0.05) is 19.8 Å². The molecule has 0 bridgehead atoms. The summed E-state index contributed by atoms with van der Waals surface area (Å²) in [6.45, 7) is 0. The molecule has 2 aromatic rings. The van der Waals surface area contributed by atoms with Gasteiger partial charge in [-0.3, -0.25) is 4.79 Å². The maximum absolute atomic E-state index is 10.6. The highest BCUT2D eigenvalue weighted by molar-refractivity contribution is 5.74. The van der Waals surface area contributed by atoms with Crippen LogP contribution < -0.4 is 4.74 Å². The smallest absolute Gasteiger partial charge is 0.150 e. The lowest BCUT2D eigenvalue weighted by molar-refractivity contribution is 0.112. The number of fused-ring (bicyclic) bond motifs is 1. The normalized spacial score (nSPS) is 11.3. The minimum absolute atomic E-state index is 0.667. The van der Waals surface area contributed by atoms with E-state index in [0.29, 0.717) is 5.56 Å². The predicted molar refractivity (Wildman–Crippen MR) is 86.7 cm³/mol. The fourth-order valence-corrected chi connectivity index (χ4v) is 2.42. The van der Waals surface area contributed by atoms with Crippen molar-refractivity contribution in [3.8, 4) is 11.5 Å². The van der Waals surface area contributed by atoms with Crippen LogP contribution in [0.1, 0.15) is 27.9 Å². The summed E-state index contributed by atoms with van der Waals surface area (Å²) in [5.74, 6) is 1.73. The molecule has 0 spiro atoms. The van der Waals surface area contributed by atoms with Crippen LogP contribution in [0.25, 0.3) is 0 Å². The molecule has 0 atom stereocenters. The molecular formula is C18H22O4. The first-order valence-electron chi connectivity index (χ1n) is 7.10. The van der Waals surface area contributed by atoms with Crippen LogP contribution >= 0.6 is 0 Å². The number of ether oxygens (including phenoxy) is 1. The van der Waals surface area contributed by atoms with Gasteiger partial charge in [-0.05, 0) is 60.7 Å². The Labute approximate surface area is 131 Å². The second-order valence-corrected chi connectivity index (χ2v) is 4.54. The van der Waals surface area contributed by atoms with Gasteiger partial charge in [-0.1, -0.05) is 12.1 Å². The van der Waals surface area contributed by atoms with Crippen LogP contribution in [-0.4, -0.2) is 30.7 Å². The quantitative estimate of drug-likeness (QED) is 0.855. The molecule has 0 saturated carbocycles. The Morgan fingerprint density at radius 1 is 0.955 bits per heavy atom. The lowest BCUT2D eigenvalue weighted by atomic mass is 10.1. The second-order valence-electron chi connectivity index (χ2n) is 4.54. The van der Waals surface area contributed by atoms with E-state index in [1.54, 1.807) is 12.1 Å². The van der Waals surface area contributed by atoms with Gasteiger partial charge in [0.2, 0.25) is 0 Å². The van der Waals surface area contributed by atoms with Crippen molar-refractivity contribution in [2.75, 3.05) is 14.2 Å². The maximum atomic E-state index is 10.6. The lowest BCUT2D eigenvalue weighted by Gasteiger charge is -2.10. The molecule has 0 aromatic heterocycles. The van der Waals surface area contributed by atoms with E-state index < -0.39 is 0 Å². The van der Waals surface area contributed by atoms with Crippen molar-refractivity contribution < 1.29 is 19.7 Å². The molecule has 4 nitrogen and oxygen atoms in total. The first kappa shape index (κ1) is 17.9. The summed E-state index contributed by atoms with van der Waals surface area (Å²) in [6, 6.07) is 13.4. The van der Waals surface area contributed by atoms with Crippen molar-refractivity contribution in [3.63, 3.8) is 0 Å². The van der Waals surface area contributed by atoms with E-state index in [2.05, 4.69) is 6.07 Å². The van der Waals surface area contributed by atoms with Gasteiger partial charge in [-0.15, -0.1) is 0 Å². The van der Waals surface area contributed by atoms with E-state index in [-0.39, 0.29) is 0 Å². The molecule has 22 heavy (non-hydrogen) atoms. The molecule has 2 N–H and O–H groups in total. The molecule has 0 saturated heterocycles. The molecule has 4 heteroatoms. The number of hydrogen-bond donors (Lipinski definition) is 2. The van der Waals surface area contributed by atoms with Crippen LogP contribution in [0.15, 0.2) is 42.5 Å². The van der Waals surface area contributed by atoms with Crippen molar-refractivity contribution in [3.05, 3.63) is 59.2 Å². The van der Waals surface area contributed by atoms with Crippen molar-refractivity contribution in [1.82, 2.24) is 0 Å². The van der Waals surface area contributed by atoms with Gasteiger partial charge in [0.15, 0.2) is 0 Å². The molecule has 0 radical (unpaired) electrons. The number of carbonyl (C=O) groups is 1. The fraction of sp³-hybridized carbons (Fsp3) is 0.278. The van der Waals surface area contributed by atoms with Crippen molar-refractivity contribution in [2.24, 2.45) is 0 Å². The monoisotopic (exact) mass is 302 g/mol. The van der Waals surface area contributed by atoms with Gasteiger partial charge in [0.05, 0.1) is 0 Å². The number of aldehydes is 1. The van der Waals surface area contributed by atoms with Gasteiger partial charge < -0.3 is 14.9 Å². The zero-order valence-electron chi connectivity index (χ0n) is 13.0. The second kappa shape index (κ2) is 9.71. The highest BCUT2D eigenvalue weighted by Crippen LogP contribution is 2.33. The Bertz CT molecular complexity index is 576. The van der Waals surface area contributed by atoms with Crippen molar-refractivity contribution in [2.45, 2.75) is 19.3 Å². The minimum Gasteiger partial charge on any atom is -0.457 e. The van der Waals surface area contributed by atoms with Crippen molar-refractivity contribution in [1.29, 1.82) is 0 Å². The van der Waals surface area contributed by atoms with Crippen LogP contribution in [-0.2, 0) is 12.8 Å². The third kappa shape index (κ3) is 4.41. The van der Waals surface area contributed by atoms with Crippen molar-refractivity contribution >= 4 is 6.29 Å². The molecule has 3 rings (SSSR count). The standard InChI is InChI=1S/C16H14O2.2CH4O/c17-11-12-7-9-14(10-8-12)18-16-6-2-4-13-3-1-5-15(13)16;2*1-2/h2,4,6-11H,1,3,5H2;2*2H,1H3. The molecule has 1 aliphatic carbocycles. The van der Waals surface area contributed by atoms with Crippen LogP contribution in [0.2, 0.25) is 0 Å². The van der Waals surface area contributed by atoms with Crippen LogP contribution in [0, 0.1) is 0 Å². The number of hydrogen-bond acceptors (Lipinski definition) is 4. The van der Waals surface area contributed by atoms with Gasteiger partial charge >= 0.3 is 0 Å². The van der Waals surface area contributed by atoms with Gasteiger partial charge in [-0.2, -0.15) is 0 Å². The first-order chi connectivity index (χ1) is 10.9. The minimum atomic E-state index is 0.667. The van der Waals surface area contributed by atoms with Gasteiger partial charge in [0.1, 0.15) is 17.8 Å². The number of carbonyl (C=O) groups excluding carboxylic acids is 1. The summed E-state index contributed by atoms with van der Waals surface area (Å²) >= 11 is 0. The summed E-state index contributed by atoms with van der Waals surface area (Å²) in [5, 5.41) is 14.0. The Hall–Kier alpha value is -2.17. The van der Waals surface area contributed by atoms with Gasteiger partial charge in [0.25, 0.3) is 0 Å². The van der Waals surface area contributed by atoms with Crippen LogP contribution in [0.5, 0.6) is 11.5 Å². The number of aryl methyl sites for hydroxylation is 1. The molecule has 118 valence electrons. The SMILES string of the molecule is CO.CO.O=Cc1ccc(Oc2cccc3c2CCC3)cc1. The predicted octanol–water partition coefficient (Wildman–Crippen LogP) is 3.00. The zero-order chi connectivity index (χ0) is 16.4. The summed E-state index contributed by atoms with van der Waals surface area (Å²) in [7, 11) is 2.00. The Morgan fingerprint density at radius 2 is 1.64 bits per heavy atom. The average Bonchev–Trinajstić information content (AvgIpc) is 3.09. The highest BCUT2D eigenvalue weighted by Gasteiger charge is 2.15. The number of rotatable bonds is 3. The van der Waals surface area contributed by atoms with Gasteiger partial charge in [-0.25, -0.2) is 0 Å². The number of aliphatic hydroxyl groups is 2. The Balaban J connectivity index is 0.000000561. The summed E-state index contributed by atoms with van der Waals surface area (Å²) in [4.78, 5) is 10.6. The average molecular weight is 302 g/mol. The fourth-order valence-electron chi connectivity index (χ4n) is 2.42. The van der Waals surface area contributed by atoms with E-state index in [1.165, 1.54) is 17.5 Å². The molecule has 0 heterocycles. The largest absolute Gasteiger partial charge is 0.457 e.